The van der Waals surface area contributed by atoms with Crippen molar-refractivity contribution < 1.29 is 23.9 Å². The number of hydrogen-bond donors (Lipinski definition) is 3. The Morgan fingerprint density at radius 2 is 1.86 bits per heavy atom. The van der Waals surface area contributed by atoms with E-state index < -0.39 is 27.9 Å². The third kappa shape index (κ3) is 3.16. The Kier molecular flexibility index (Phi) is 3.88. The van der Waals surface area contributed by atoms with Gasteiger partial charge in [0.05, 0.1) is 11.0 Å². The van der Waals surface area contributed by atoms with Crippen molar-refractivity contribution >= 4 is 11.4 Å². The van der Waals surface area contributed by atoms with Crippen LogP contribution in [-0.2, 0) is 6.54 Å². The van der Waals surface area contributed by atoms with Crippen LogP contribution >= 0.6 is 0 Å². The van der Waals surface area contributed by atoms with E-state index in [2.05, 4.69) is 5.32 Å². The Morgan fingerprint density at radius 3 is 2.48 bits per heavy atom. The van der Waals surface area contributed by atoms with Gasteiger partial charge in [0.25, 0.3) is 5.69 Å². The van der Waals surface area contributed by atoms with E-state index >= 15 is 0 Å². The molecule has 0 aliphatic heterocycles. The van der Waals surface area contributed by atoms with Crippen LogP contribution in [0.3, 0.4) is 0 Å². The Bertz CT molecular complexity index is 707. The molecule has 0 amide bonds. The zero-order valence-corrected chi connectivity index (χ0v) is 10.5. The summed E-state index contributed by atoms with van der Waals surface area (Å²) in [6.07, 6.45) is 0. The minimum absolute atomic E-state index is 0.0583. The topological polar surface area (TPSA) is 95.6 Å². The number of nitro groups is 1. The van der Waals surface area contributed by atoms with Crippen LogP contribution in [0.1, 0.15) is 5.56 Å². The van der Waals surface area contributed by atoms with Crippen molar-refractivity contribution in [3.05, 3.63) is 57.6 Å². The third-order valence-electron chi connectivity index (χ3n) is 2.74. The molecule has 3 N–H and O–H groups in total. The smallest absolute Gasteiger partial charge is 0.298 e. The van der Waals surface area contributed by atoms with Gasteiger partial charge in [-0.3, -0.25) is 10.1 Å². The minimum Gasteiger partial charge on any atom is -0.504 e. The first-order valence-electron chi connectivity index (χ1n) is 5.76. The maximum atomic E-state index is 13.6. The molecule has 0 fully saturated rings. The van der Waals surface area contributed by atoms with Gasteiger partial charge in [-0.1, -0.05) is 6.07 Å². The molecule has 0 saturated carbocycles. The molecule has 110 valence electrons. The van der Waals surface area contributed by atoms with E-state index in [0.29, 0.717) is 17.7 Å². The number of anilines is 1. The van der Waals surface area contributed by atoms with Crippen molar-refractivity contribution in [3.63, 3.8) is 0 Å². The number of aromatic hydroxyl groups is 2. The van der Waals surface area contributed by atoms with Gasteiger partial charge in [-0.25, -0.2) is 8.78 Å². The Labute approximate surface area is 117 Å². The van der Waals surface area contributed by atoms with Crippen LogP contribution in [0.25, 0.3) is 0 Å². The van der Waals surface area contributed by atoms with Crippen LogP contribution in [0.5, 0.6) is 11.5 Å². The van der Waals surface area contributed by atoms with Crippen LogP contribution in [0.4, 0.5) is 20.2 Å². The van der Waals surface area contributed by atoms with E-state index in [1.807, 2.05) is 0 Å². The predicted octanol–water partition coefficient (Wildman–Crippen LogP) is 2.90. The molecule has 0 aromatic heterocycles. The van der Waals surface area contributed by atoms with Gasteiger partial charge < -0.3 is 15.5 Å². The van der Waals surface area contributed by atoms with Gasteiger partial charge in [-0.15, -0.1) is 0 Å². The van der Waals surface area contributed by atoms with Crippen molar-refractivity contribution in [3.8, 4) is 11.5 Å². The molecule has 0 unspecified atom stereocenters. The highest BCUT2D eigenvalue weighted by molar-refractivity contribution is 5.62. The van der Waals surface area contributed by atoms with E-state index in [-0.39, 0.29) is 18.0 Å². The maximum Gasteiger partial charge on any atom is 0.298 e. The molecule has 0 aliphatic rings. The largest absolute Gasteiger partial charge is 0.504 e. The zero-order valence-electron chi connectivity index (χ0n) is 10.5. The first kappa shape index (κ1) is 14.5. The average Bonchev–Trinajstić information content (AvgIpc) is 2.40. The highest BCUT2D eigenvalue weighted by Crippen LogP contribution is 2.30. The Balaban J connectivity index is 2.27. The summed E-state index contributed by atoms with van der Waals surface area (Å²) in [4.78, 5) is 9.90. The lowest BCUT2D eigenvalue weighted by Gasteiger charge is -2.09. The van der Waals surface area contributed by atoms with Gasteiger partial charge in [-0.2, -0.15) is 0 Å². The van der Waals surface area contributed by atoms with Gasteiger partial charge in [0.15, 0.2) is 17.3 Å². The number of rotatable bonds is 4. The molecule has 0 radical (unpaired) electrons. The number of hydrogen-bond acceptors (Lipinski definition) is 5. The van der Waals surface area contributed by atoms with Gasteiger partial charge in [0.1, 0.15) is 11.5 Å². The number of phenolic OH excluding ortho intramolecular Hbond substituents is 2. The van der Waals surface area contributed by atoms with Crippen LogP contribution in [0.15, 0.2) is 30.3 Å². The molecule has 2 aromatic rings. The molecule has 2 aromatic carbocycles. The van der Waals surface area contributed by atoms with Crippen LogP contribution in [-0.4, -0.2) is 15.1 Å². The van der Waals surface area contributed by atoms with Crippen molar-refractivity contribution in [2.75, 3.05) is 5.32 Å². The van der Waals surface area contributed by atoms with Crippen LogP contribution in [0, 0.1) is 21.7 Å². The highest BCUT2D eigenvalue weighted by Gasteiger charge is 2.20. The molecule has 8 heteroatoms. The fourth-order valence-electron chi connectivity index (χ4n) is 1.75. The van der Waals surface area contributed by atoms with E-state index in [1.54, 1.807) is 0 Å². The molecule has 2 rings (SSSR count). The molecule has 0 aliphatic carbocycles. The second-order valence-corrected chi connectivity index (χ2v) is 4.22. The van der Waals surface area contributed by atoms with Crippen LogP contribution < -0.4 is 5.32 Å². The number of nitrogens with one attached hydrogen (secondary N) is 1. The lowest BCUT2D eigenvalue weighted by Crippen LogP contribution is -2.05. The number of halogens is 2. The monoisotopic (exact) mass is 296 g/mol. The second-order valence-electron chi connectivity index (χ2n) is 4.22. The Morgan fingerprint density at radius 1 is 1.14 bits per heavy atom. The number of nitro benzene ring substituents is 1. The fourth-order valence-corrected chi connectivity index (χ4v) is 1.75. The van der Waals surface area contributed by atoms with E-state index in [4.69, 9.17) is 5.11 Å². The van der Waals surface area contributed by atoms with Crippen molar-refractivity contribution in [2.24, 2.45) is 0 Å². The summed E-state index contributed by atoms with van der Waals surface area (Å²) in [5, 5.41) is 31.8. The third-order valence-corrected chi connectivity index (χ3v) is 2.74. The van der Waals surface area contributed by atoms with E-state index in [0.717, 1.165) is 0 Å². The average molecular weight is 296 g/mol. The molecule has 0 saturated heterocycles. The lowest BCUT2D eigenvalue weighted by atomic mass is 10.2. The normalized spacial score (nSPS) is 10.4. The quantitative estimate of drug-likeness (QED) is 0.458. The van der Waals surface area contributed by atoms with Crippen molar-refractivity contribution in [1.82, 2.24) is 0 Å². The number of phenols is 2. The molecule has 0 atom stereocenters. The highest BCUT2D eigenvalue weighted by atomic mass is 19.1. The minimum atomic E-state index is -1.09. The summed E-state index contributed by atoms with van der Waals surface area (Å²) in [6.45, 7) is -0.0583. The summed E-state index contributed by atoms with van der Waals surface area (Å²) < 4.78 is 26.6. The molecule has 0 spiro atoms. The number of nitrogens with zero attached hydrogens (tertiary/aromatic N) is 1. The molecule has 0 bridgehead atoms. The van der Waals surface area contributed by atoms with Crippen LogP contribution in [0.2, 0.25) is 0 Å². The zero-order chi connectivity index (χ0) is 15.6. The molecule has 0 heterocycles. The lowest BCUT2D eigenvalue weighted by molar-refractivity contribution is -0.384. The summed E-state index contributed by atoms with van der Waals surface area (Å²) in [6, 6.07) is 5.02. The van der Waals surface area contributed by atoms with Gasteiger partial charge in [0.2, 0.25) is 0 Å². The van der Waals surface area contributed by atoms with Gasteiger partial charge in [0, 0.05) is 12.6 Å². The SMILES string of the molecule is O=[N+]([O-])c1cc(F)cc(F)c1NCc1ccc(O)c(O)c1. The van der Waals surface area contributed by atoms with E-state index in [9.17, 15) is 24.0 Å². The summed E-state index contributed by atoms with van der Waals surface area (Å²) in [5.41, 5.74) is -0.729. The summed E-state index contributed by atoms with van der Waals surface area (Å²) in [5.74, 6) is -2.84. The van der Waals surface area contributed by atoms with E-state index in [1.165, 1.54) is 18.2 Å². The van der Waals surface area contributed by atoms with Crippen molar-refractivity contribution in [1.29, 1.82) is 0 Å². The number of benzene rings is 2. The maximum absolute atomic E-state index is 13.6. The first-order chi connectivity index (χ1) is 9.88. The molecule has 6 nitrogen and oxygen atoms in total. The standard InChI is InChI=1S/C13H10F2N2O4/c14-8-4-9(15)13(10(5-8)17(20)21)16-6-7-1-2-11(18)12(19)3-7/h1-5,16,18-19H,6H2. The molecular weight excluding hydrogens is 286 g/mol. The molecular formula is C13H10F2N2O4. The van der Waals surface area contributed by atoms with Gasteiger partial charge >= 0.3 is 0 Å². The summed E-state index contributed by atoms with van der Waals surface area (Å²) in [7, 11) is 0. The van der Waals surface area contributed by atoms with Gasteiger partial charge in [-0.05, 0) is 17.7 Å². The summed E-state index contributed by atoms with van der Waals surface area (Å²) >= 11 is 0. The predicted molar refractivity (Wildman–Crippen MR) is 70.1 cm³/mol. The Hall–Kier alpha value is -2.90. The second kappa shape index (κ2) is 5.61. The fraction of sp³-hybridized carbons (Fsp3) is 0.0769. The van der Waals surface area contributed by atoms with Crippen molar-refractivity contribution in [2.45, 2.75) is 6.54 Å². The molecule has 21 heavy (non-hydrogen) atoms. The first-order valence-corrected chi connectivity index (χ1v) is 5.76.